The van der Waals surface area contributed by atoms with Gasteiger partial charge in [-0.1, -0.05) is 6.07 Å². The Balaban J connectivity index is 0.00000192. The second kappa shape index (κ2) is 7.57. The van der Waals surface area contributed by atoms with Crippen LogP contribution in [-0.4, -0.2) is 44.1 Å². The Bertz CT molecular complexity index is 701. The number of halogens is 2. The van der Waals surface area contributed by atoms with Crippen LogP contribution in [0, 0.1) is 5.82 Å². The highest BCUT2D eigenvalue weighted by Gasteiger charge is 2.28. The highest BCUT2D eigenvalue weighted by atomic mass is 35.5. The Morgan fingerprint density at radius 2 is 2.30 bits per heavy atom. The van der Waals surface area contributed by atoms with Crippen LogP contribution in [0.25, 0.3) is 10.1 Å². The van der Waals surface area contributed by atoms with Crippen LogP contribution in [0.1, 0.15) is 21.7 Å². The van der Waals surface area contributed by atoms with Crippen molar-refractivity contribution in [2.45, 2.75) is 19.1 Å². The molecule has 1 aliphatic heterocycles. The minimum Gasteiger partial charge on any atom is -0.380 e. The number of amides is 1. The topological polar surface area (TPSA) is 41.6 Å². The summed E-state index contributed by atoms with van der Waals surface area (Å²) in [5.74, 6) is -0.355. The molecule has 1 saturated heterocycles. The maximum absolute atomic E-state index is 14.2. The summed E-state index contributed by atoms with van der Waals surface area (Å²) < 4.78 is 20.2. The van der Waals surface area contributed by atoms with Crippen LogP contribution < -0.4 is 5.32 Å². The second-order valence-electron chi connectivity index (χ2n) is 5.52. The van der Waals surface area contributed by atoms with Crippen molar-refractivity contribution < 1.29 is 13.9 Å². The molecule has 126 valence electrons. The maximum atomic E-state index is 14.2. The molecule has 3 rings (SSSR count). The molecular formula is C16H20ClFN2O2S. The normalized spacial score (nSPS) is 17.3. The highest BCUT2D eigenvalue weighted by molar-refractivity contribution is 7.21. The monoisotopic (exact) mass is 358 g/mol. The molecule has 4 nitrogen and oxygen atoms in total. The van der Waals surface area contributed by atoms with E-state index in [1.807, 2.05) is 13.1 Å². The lowest BCUT2D eigenvalue weighted by Crippen LogP contribution is -2.38. The van der Waals surface area contributed by atoms with Crippen molar-refractivity contribution in [1.82, 2.24) is 10.2 Å². The van der Waals surface area contributed by atoms with Crippen LogP contribution in [0.4, 0.5) is 4.39 Å². The fourth-order valence-electron chi connectivity index (χ4n) is 2.92. The molecule has 0 spiro atoms. The molecule has 0 aliphatic carbocycles. The van der Waals surface area contributed by atoms with Gasteiger partial charge in [0.1, 0.15) is 5.82 Å². The van der Waals surface area contributed by atoms with Gasteiger partial charge in [-0.2, -0.15) is 0 Å². The van der Waals surface area contributed by atoms with Gasteiger partial charge in [0.25, 0.3) is 5.91 Å². The van der Waals surface area contributed by atoms with Gasteiger partial charge in [0.15, 0.2) is 0 Å². The molecule has 2 heterocycles. The van der Waals surface area contributed by atoms with E-state index in [-0.39, 0.29) is 36.8 Å². The molecule has 7 heteroatoms. The summed E-state index contributed by atoms with van der Waals surface area (Å²) in [6, 6.07) is 5.13. The van der Waals surface area contributed by atoms with Crippen molar-refractivity contribution in [2.75, 3.05) is 27.2 Å². The number of rotatable bonds is 4. The third kappa shape index (κ3) is 3.35. The van der Waals surface area contributed by atoms with E-state index in [1.54, 1.807) is 18.1 Å². The fourth-order valence-corrected chi connectivity index (χ4v) is 4.12. The predicted molar refractivity (Wildman–Crippen MR) is 93.1 cm³/mol. The van der Waals surface area contributed by atoms with Crippen molar-refractivity contribution in [2.24, 2.45) is 0 Å². The smallest absolute Gasteiger partial charge is 0.264 e. The van der Waals surface area contributed by atoms with Gasteiger partial charge < -0.3 is 15.0 Å². The van der Waals surface area contributed by atoms with Crippen LogP contribution in [0.5, 0.6) is 0 Å². The van der Waals surface area contributed by atoms with Crippen molar-refractivity contribution in [1.29, 1.82) is 0 Å². The van der Waals surface area contributed by atoms with Gasteiger partial charge >= 0.3 is 0 Å². The van der Waals surface area contributed by atoms with E-state index < -0.39 is 0 Å². The molecule has 0 saturated carbocycles. The zero-order chi connectivity index (χ0) is 15.7. The molecule has 1 atom stereocenters. The SMILES string of the molecule is COCc1c(C(=O)N(C)C2CCNC2)sc2cccc(F)c12.Cl. The number of benzene rings is 1. The number of methoxy groups -OCH3 is 1. The molecule has 1 fully saturated rings. The van der Waals surface area contributed by atoms with Crippen molar-refractivity contribution in [3.63, 3.8) is 0 Å². The molecule has 1 aromatic heterocycles. The van der Waals surface area contributed by atoms with Crippen LogP contribution >= 0.6 is 23.7 Å². The Kier molecular flexibility index (Phi) is 5.97. The number of likely N-dealkylation sites (N-methyl/N-ethyl adjacent to an activating group) is 1. The minimum atomic E-state index is -0.301. The molecule has 1 aromatic carbocycles. The molecule has 1 aliphatic rings. The molecule has 2 aromatic rings. The minimum absolute atomic E-state index is 0. The number of fused-ring (bicyclic) bond motifs is 1. The number of thiophene rings is 1. The van der Waals surface area contributed by atoms with Crippen LogP contribution in [-0.2, 0) is 11.3 Å². The lowest BCUT2D eigenvalue weighted by atomic mass is 10.1. The number of carbonyl (C=O) groups excluding carboxylic acids is 1. The summed E-state index contributed by atoms with van der Waals surface area (Å²) in [5, 5.41) is 3.77. The number of hydrogen-bond donors (Lipinski definition) is 1. The van der Waals surface area contributed by atoms with Crippen LogP contribution in [0.2, 0.25) is 0 Å². The van der Waals surface area contributed by atoms with E-state index >= 15 is 0 Å². The van der Waals surface area contributed by atoms with Gasteiger partial charge in [-0.25, -0.2) is 4.39 Å². The molecule has 23 heavy (non-hydrogen) atoms. The average molecular weight is 359 g/mol. The first-order chi connectivity index (χ1) is 10.6. The van der Waals surface area contributed by atoms with Gasteiger partial charge in [0.2, 0.25) is 0 Å². The Labute approximate surface area is 145 Å². The first kappa shape index (κ1) is 18.1. The number of nitrogens with one attached hydrogen (secondary N) is 1. The number of carbonyl (C=O) groups is 1. The predicted octanol–water partition coefficient (Wildman–Crippen LogP) is 3.04. The lowest BCUT2D eigenvalue weighted by molar-refractivity contribution is 0.0744. The summed E-state index contributed by atoms with van der Waals surface area (Å²) in [4.78, 5) is 15.2. The van der Waals surface area contributed by atoms with Crippen molar-refractivity contribution in [3.8, 4) is 0 Å². The fraction of sp³-hybridized carbons (Fsp3) is 0.438. The first-order valence-corrected chi connectivity index (χ1v) is 8.11. The van der Waals surface area contributed by atoms with Crippen LogP contribution in [0.3, 0.4) is 0 Å². The van der Waals surface area contributed by atoms with E-state index in [2.05, 4.69) is 5.32 Å². The average Bonchev–Trinajstić information content (AvgIpc) is 3.15. The van der Waals surface area contributed by atoms with E-state index in [0.717, 1.165) is 24.2 Å². The molecular weight excluding hydrogens is 339 g/mol. The summed E-state index contributed by atoms with van der Waals surface area (Å²) in [6.07, 6.45) is 0.946. The quantitative estimate of drug-likeness (QED) is 0.913. The van der Waals surface area contributed by atoms with Crippen molar-refractivity contribution in [3.05, 3.63) is 34.5 Å². The van der Waals surface area contributed by atoms with E-state index in [9.17, 15) is 9.18 Å². The zero-order valence-corrected chi connectivity index (χ0v) is 14.7. The number of ether oxygens (including phenoxy) is 1. The molecule has 0 radical (unpaired) electrons. The Morgan fingerprint density at radius 1 is 1.52 bits per heavy atom. The van der Waals surface area contributed by atoms with Crippen LogP contribution in [0.15, 0.2) is 18.2 Å². The summed E-state index contributed by atoms with van der Waals surface area (Å²) in [7, 11) is 3.38. The third-order valence-electron chi connectivity index (χ3n) is 4.15. The van der Waals surface area contributed by atoms with Gasteiger partial charge in [0.05, 0.1) is 11.5 Å². The summed E-state index contributed by atoms with van der Waals surface area (Å²) in [5.41, 5.74) is 0.656. The molecule has 0 bridgehead atoms. The molecule has 1 unspecified atom stereocenters. The van der Waals surface area contributed by atoms with Gasteiger partial charge in [0, 0.05) is 42.4 Å². The summed E-state index contributed by atoms with van der Waals surface area (Å²) in [6.45, 7) is 1.97. The van der Waals surface area contributed by atoms with E-state index in [0.29, 0.717) is 15.8 Å². The third-order valence-corrected chi connectivity index (χ3v) is 5.33. The lowest BCUT2D eigenvalue weighted by Gasteiger charge is -2.23. The maximum Gasteiger partial charge on any atom is 0.264 e. The Hall–Kier alpha value is -1.21. The number of hydrogen-bond acceptors (Lipinski definition) is 4. The highest BCUT2D eigenvalue weighted by Crippen LogP contribution is 2.34. The van der Waals surface area contributed by atoms with E-state index in [1.165, 1.54) is 17.4 Å². The standard InChI is InChI=1S/C16H19FN2O2S.ClH/c1-19(10-6-7-18-8-10)16(20)15-11(9-21-2)14-12(17)4-3-5-13(14)22-15;/h3-5,10,18H,6-9H2,1-2H3;1H. The van der Waals surface area contributed by atoms with Crippen molar-refractivity contribution >= 4 is 39.7 Å². The second-order valence-corrected chi connectivity index (χ2v) is 6.57. The molecule has 1 N–H and O–H groups in total. The van der Waals surface area contributed by atoms with Gasteiger partial charge in [-0.15, -0.1) is 23.7 Å². The van der Waals surface area contributed by atoms with E-state index in [4.69, 9.17) is 4.74 Å². The zero-order valence-electron chi connectivity index (χ0n) is 13.1. The number of nitrogens with zero attached hydrogens (tertiary/aromatic N) is 1. The molecule has 1 amide bonds. The first-order valence-electron chi connectivity index (χ1n) is 7.30. The Morgan fingerprint density at radius 3 is 2.96 bits per heavy atom. The summed E-state index contributed by atoms with van der Waals surface area (Å²) >= 11 is 1.34. The largest absolute Gasteiger partial charge is 0.380 e. The van der Waals surface area contributed by atoms with Gasteiger partial charge in [-0.05, 0) is 25.1 Å². The van der Waals surface area contributed by atoms with Gasteiger partial charge in [-0.3, -0.25) is 4.79 Å².